The molecule has 5 heteroatoms. The third-order valence-electron chi connectivity index (χ3n) is 2.39. The highest BCUT2D eigenvalue weighted by Crippen LogP contribution is 2.24. The van der Waals surface area contributed by atoms with Gasteiger partial charge in [0.05, 0.1) is 12.7 Å². The third kappa shape index (κ3) is 3.57. The van der Waals surface area contributed by atoms with Gasteiger partial charge >= 0.3 is 12.4 Å². The number of alkyl halides is 2. The molecular weight excluding hydrogens is 194 g/mol. The van der Waals surface area contributed by atoms with Crippen molar-refractivity contribution in [1.29, 1.82) is 0 Å². The predicted molar refractivity (Wildman–Crippen MR) is 44.9 cm³/mol. The summed E-state index contributed by atoms with van der Waals surface area (Å²) in [6, 6.07) is 0. The van der Waals surface area contributed by atoms with Crippen LogP contribution in [-0.4, -0.2) is 30.2 Å². The number of esters is 1. The molecule has 0 aliphatic heterocycles. The fraction of sp³-hybridized carbons (Fsp3) is 0.889. The molecule has 1 N–H and O–H groups in total. The maximum Gasteiger partial charge on any atom is 0.373 e. The number of rotatable bonds is 3. The number of carbonyl (C=O) groups excluding carboxylic acids is 1. The molecule has 14 heavy (non-hydrogen) atoms. The van der Waals surface area contributed by atoms with Crippen LogP contribution in [0.1, 0.15) is 25.7 Å². The third-order valence-corrected chi connectivity index (χ3v) is 2.39. The fourth-order valence-corrected chi connectivity index (χ4v) is 1.68. The molecule has 0 heterocycles. The van der Waals surface area contributed by atoms with Crippen LogP contribution in [0, 0.1) is 5.92 Å². The molecule has 0 aromatic rings. The summed E-state index contributed by atoms with van der Waals surface area (Å²) in [6.07, 6.45) is -0.455. The van der Waals surface area contributed by atoms with Crippen LogP contribution in [0.15, 0.2) is 0 Å². The number of ether oxygens (including phenoxy) is 1. The standard InChI is InChI=1S/C9H14F2O3/c10-8(11)9(13)14-5-6-2-1-3-7(12)4-6/h6-8,12H,1-5H2. The van der Waals surface area contributed by atoms with E-state index in [-0.39, 0.29) is 18.6 Å². The first kappa shape index (κ1) is 11.4. The van der Waals surface area contributed by atoms with Gasteiger partial charge in [-0.25, -0.2) is 4.79 Å². The Kier molecular flexibility index (Phi) is 4.25. The quantitative estimate of drug-likeness (QED) is 0.712. The van der Waals surface area contributed by atoms with Gasteiger partial charge in [0.1, 0.15) is 0 Å². The van der Waals surface area contributed by atoms with E-state index in [0.717, 1.165) is 19.3 Å². The van der Waals surface area contributed by atoms with Gasteiger partial charge in [-0.2, -0.15) is 8.78 Å². The molecule has 0 aromatic heterocycles. The zero-order valence-corrected chi connectivity index (χ0v) is 7.79. The highest BCUT2D eigenvalue weighted by Gasteiger charge is 2.23. The minimum Gasteiger partial charge on any atom is -0.461 e. The number of carbonyl (C=O) groups is 1. The molecule has 0 radical (unpaired) electrons. The molecule has 2 atom stereocenters. The van der Waals surface area contributed by atoms with Gasteiger partial charge in [-0.15, -0.1) is 0 Å². The number of hydrogen-bond donors (Lipinski definition) is 1. The van der Waals surface area contributed by atoms with Gasteiger partial charge < -0.3 is 9.84 Å². The average molecular weight is 208 g/mol. The van der Waals surface area contributed by atoms with E-state index in [1.807, 2.05) is 0 Å². The van der Waals surface area contributed by atoms with Crippen LogP contribution < -0.4 is 0 Å². The van der Waals surface area contributed by atoms with E-state index in [2.05, 4.69) is 4.74 Å². The lowest BCUT2D eigenvalue weighted by atomic mass is 9.88. The van der Waals surface area contributed by atoms with Crippen LogP contribution in [-0.2, 0) is 9.53 Å². The summed E-state index contributed by atoms with van der Waals surface area (Å²) in [5.41, 5.74) is 0. The van der Waals surface area contributed by atoms with Crippen LogP contribution in [0.3, 0.4) is 0 Å². The van der Waals surface area contributed by atoms with Gasteiger partial charge in [0.2, 0.25) is 0 Å². The van der Waals surface area contributed by atoms with E-state index in [1.165, 1.54) is 0 Å². The Balaban J connectivity index is 2.20. The van der Waals surface area contributed by atoms with E-state index >= 15 is 0 Å². The van der Waals surface area contributed by atoms with Gasteiger partial charge in [-0.05, 0) is 25.2 Å². The fourth-order valence-electron chi connectivity index (χ4n) is 1.68. The first-order valence-corrected chi connectivity index (χ1v) is 4.72. The molecule has 1 saturated carbocycles. The van der Waals surface area contributed by atoms with Crippen molar-refractivity contribution in [3.05, 3.63) is 0 Å². The molecule has 0 bridgehead atoms. The minimum absolute atomic E-state index is 0.000231. The van der Waals surface area contributed by atoms with E-state index in [0.29, 0.717) is 6.42 Å². The molecule has 3 nitrogen and oxygen atoms in total. The number of aliphatic hydroxyl groups is 1. The van der Waals surface area contributed by atoms with Crippen molar-refractivity contribution in [2.75, 3.05) is 6.61 Å². The van der Waals surface area contributed by atoms with Crippen molar-refractivity contribution in [3.63, 3.8) is 0 Å². The van der Waals surface area contributed by atoms with E-state index < -0.39 is 12.4 Å². The summed E-state index contributed by atoms with van der Waals surface area (Å²) in [5, 5.41) is 9.27. The van der Waals surface area contributed by atoms with E-state index in [1.54, 1.807) is 0 Å². The first-order valence-electron chi connectivity index (χ1n) is 4.72. The van der Waals surface area contributed by atoms with Crippen molar-refractivity contribution < 1.29 is 23.4 Å². The topological polar surface area (TPSA) is 46.5 Å². The Morgan fingerprint density at radius 1 is 1.50 bits per heavy atom. The van der Waals surface area contributed by atoms with Gasteiger partial charge in [-0.3, -0.25) is 0 Å². The number of halogens is 2. The number of hydrogen-bond acceptors (Lipinski definition) is 3. The van der Waals surface area contributed by atoms with Crippen molar-refractivity contribution >= 4 is 5.97 Å². The van der Waals surface area contributed by atoms with E-state index in [9.17, 15) is 18.7 Å². The lowest BCUT2D eigenvalue weighted by Gasteiger charge is -2.25. The lowest BCUT2D eigenvalue weighted by Crippen LogP contribution is -2.25. The van der Waals surface area contributed by atoms with Gasteiger partial charge in [0, 0.05) is 0 Å². The van der Waals surface area contributed by atoms with Crippen molar-refractivity contribution in [2.45, 2.75) is 38.2 Å². The van der Waals surface area contributed by atoms with Gasteiger partial charge in [-0.1, -0.05) is 6.42 Å². The Labute approximate surface area is 81.1 Å². The van der Waals surface area contributed by atoms with Gasteiger partial charge in [0.15, 0.2) is 0 Å². The smallest absolute Gasteiger partial charge is 0.373 e. The lowest BCUT2D eigenvalue weighted by molar-refractivity contribution is -0.158. The summed E-state index contributed by atoms with van der Waals surface area (Å²) in [6.45, 7) is 0.000231. The molecule has 0 saturated heterocycles. The molecule has 1 aliphatic carbocycles. The SMILES string of the molecule is O=C(OCC1CCCC(O)C1)C(F)F. The largest absolute Gasteiger partial charge is 0.461 e. The van der Waals surface area contributed by atoms with Crippen LogP contribution in [0.4, 0.5) is 8.78 Å². The molecule has 1 rings (SSSR count). The van der Waals surface area contributed by atoms with E-state index in [4.69, 9.17) is 0 Å². The average Bonchev–Trinajstić information content (AvgIpc) is 2.14. The molecule has 0 amide bonds. The summed E-state index contributed by atoms with van der Waals surface area (Å²) in [5.74, 6) is -1.44. The molecule has 0 spiro atoms. The zero-order chi connectivity index (χ0) is 10.6. The molecule has 82 valence electrons. The molecule has 1 aliphatic rings. The van der Waals surface area contributed by atoms with Crippen LogP contribution in [0.2, 0.25) is 0 Å². The number of aliphatic hydroxyl groups excluding tert-OH is 1. The van der Waals surface area contributed by atoms with Crippen LogP contribution in [0.25, 0.3) is 0 Å². The summed E-state index contributed by atoms with van der Waals surface area (Å²) >= 11 is 0. The molecule has 2 unspecified atom stereocenters. The summed E-state index contributed by atoms with van der Waals surface area (Å²) in [7, 11) is 0. The normalized spacial score (nSPS) is 27.7. The minimum atomic E-state index is -3.05. The maximum atomic E-state index is 11.7. The second kappa shape index (κ2) is 5.24. The Morgan fingerprint density at radius 2 is 2.21 bits per heavy atom. The summed E-state index contributed by atoms with van der Waals surface area (Å²) in [4.78, 5) is 10.4. The summed E-state index contributed by atoms with van der Waals surface area (Å²) < 4.78 is 27.9. The molecular formula is C9H14F2O3. The van der Waals surface area contributed by atoms with Crippen LogP contribution >= 0.6 is 0 Å². The second-order valence-electron chi connectivity index (χ2n) is 3.62. The highest BCUT2D eigenvalue weighted by molar-refractivity contribution is 5.72. The Bertz CT molecular complexity index is 196. The zero-order valence-electron chi connectivity index (χ0n) is 7.79. The maximum absolute atomic E-state index is 11.7. The first-order chi connectivity index (χ1) is 6.59. The van der Waals surface area contributed by atoms with Crippen molar-refractivity contribution in [3.8, 4) is 0 Å². The van der Waals surface area contributed by atoms with Crippen molar-refractivity contribution in [1.82, 2.24) is 0 Å². The second-order valence-corrected chi connectivity index (χ2v) is 3.62. The molecule has 1 fully saturated rings. The van der Waals surface area contributed by atoms with Gasteiger partial charge in [0.25, 0.3) is 0 Å². The monoisotopic (exact) mass is 208 g/mol. The predicted octanol–water partition coefficient (Wildman–Crippen LogP) is 1.35. The Morgan fingerprint density at radius 3 is 2.79 bits per heavy atom. The molecule has 0 aromatic carbocycles. The Hall–Kier alpha value is -0.710. The van der Waals surface area contributed by atoms with Crippen LogP contribution in [0.5, 0.6) is 0 Å². The van der Waals surface area contributed by atoms with Crippen molar-refractivity contribution in [2.24, 2.45) is 5.92 Å². The highest BCUT2D eigenvalue weighted by atomic mass is 19.3.